The summed E-state index contributed by atoms with van der Waals surface area (Å²) in [6, 6.07) is 10.0. The first-order valence-electron chi connectivity index (χ1n) is 8.40. The van der Waals surface area contributed by atoms with E-state index in [0.29, 0.717) is 5.75 Å². The Morgan fingerprint density at radius 2 is 1.86 bits per heavy atom. The molecule has 0 unspecified atom stereocenters. The van der Waals surface area contributed by atoms with Gasteiger partial charge in [-0.25, -0.2) is 8.42 Å². The van der Waals surface area contributed by atoms with E-state index in [4.69, 9.17) is 4.74 Å². The van der Waals surface area contributed by atoms with Crippen molar-refractivity contribution in [2.75, 3.05) is 17.3 Å². The van der Waals surface area contributed by atoms with Crippen molar-refractivity contribution in [3.05, 3.63) is 52.6 Å². The number of nitrogens with zero attached hydrogens (tertiary/aromatic N) is 2. The summed E-state index contributed by atoms with van der Waals surface area (Å²) >= 11 is 0. The molecular formula is C18H22N4O5S. The van der Waals surface area contributed by atoms with Gasteiger partial charge in [0.1, 0.15) is 11.4 Å². The molecule has 0 bridgehead atoms. The molecule has 0 fully saturated rings. The molecule has 0 amide bonds. The van der Waals surface area contributed by atoms with E-state index in [2.05, 4.69) is 15.2 Å². The molecule has 2 rings (SSSR count). The molecule has 0 atom stereocenters. The predicted octanol–water partition coefficient (Wildman–Crippen LogP) is 3.85. The summed E-state index contributed by atoms with van der Waals surface area (Å²) in [5.41, 5.74) is 3.31. The molecule has 0 saturated heterocycles. The Hall–Kier alpha value is -3.14. The molecule has 0 aliphatic carbocycles. The molecular weight excluding hydrogens is 384 g/mol. The average molecular weight is 406 g/mol. The van der Waals surface area contributed by atoms with E-state index in [0.717, 1.165) is 11.8 Å². The van der Waals surface area contributed by atoms with E-state index in [-0.39, 0.29) is 22.2 Å². The van der Waals surface area contributed by atoms with Crippen LogP contribution in [0, 0.1) is 16.0 Å². The topological polar surface area (TPSA) is 123 Å². The Balaban J connectivity index is 2.39. The highest BCUT2D eigenvalue weighted by atomic mass is 32.2. The van der Waals surface area contributed by atoms with Crippen molar-refractivity contribution in [1.82, 2.24) is 0 Å². The second kappa shape index (κ2) is 8.70. The van der Waals surface area contributed by atoms with Crippen LogP contribution >= 0.6 is 0 Å². The van der Waals surface area contributed by atoms with Crippen LogP contribution in [0.3, 0.4) is 0 Å². The lowest BCUT2D eigenvalue weighted by molar-refractivity contribution is -0.384. The lowest BCUT2D eigenvalue weighted by Crippen LogP contribution is -2.14. The zero-order valence-corrected chi connectivity index (χ0v) is 16.8. The zero-order chi connectivity index (χ0) is 20.9. The Kier molecular flexibility index (Phi) is 6.57. The van der Waals surface area contributed by atoms with Crippen LogP contribution in [0.1, 0.15) is 20.8 Å². The molecule has 10 heteroatoms. The molecule has 9 nitrogen and oxygen atoms in total. The first-order chi connectivity index (χ1) is 13.2. The van der Waals surface area contributed by atoms with Crippen molar-refractivity contribution in [2.24, 2.45) is 11.0 Å². The minimum Gasteiger partial charge on any atom is -0.495 e. The molecule has 0 aromatic heterocycles. The van der Waals surface area contributed by atoms with Gasteiger partial charge in [-0.15, -0.1) is 0 Å². The van der Waals surface area contributed by atoms with Gasteiger partial charge in [0.25, 0.3) is 15.7 Å². The van der Waals surface area contributed by atoms with Crippen molar-refractivity contribution in [3.8, 4) is 5.75 Å². The highest BCUT2D eigenvalue weighted by molar-refractivity contribution is 7.92. The number of sulfonamides is 1. The smallest absolute Gasteiger partial charge is 0.295 e. The number of nitro groups is 1. The largest absolute Gasteiger partial charge is 0.495 e. The van der Waals surface area contributed by atoms with Crippen LogP contribution in [0.25, 0.3) is 0 Å². The van der Waals surface area contributed by atoms with E-state index in [9.17, 15) is 18.5 Å². The molecule has 150 valence electrons. The van der Waals surface area contributed by atoms with Crippen molar-refractivity contribution >= 4 is 32.8 Å². The number of methoxy groups -OCH3 is 1. The van der Waals surface area contributed by atoms with Gasteiger partial charge >= 0.3 is 0 Å². The number of hydrazone groups is 1. The summed E-state index contributed by atoms with van der Waals surface area (Å²) < 4.78 is 32.9. The van der Waals surface area contributed by atoms with Crippen LogP contribution in [0.15, 0.2) is 52.5 Å². The maximum atomic E-state index is 12.7. The van der Waals surface area contributed by atoms with Crippen LogP contribution in [-0.4, -0.2) is 26.2 Å². The third-order valence-corrected chi connectivity index (χ3v) is 5.38. The highest BCUT2D eigenvalue weighted by Crippen LogP contribution is 2.30. The van der Waals surface area contributed by atoms with Crippen LogP contribution < -0.4 is 14.9 Å². The van der Waals surface area contributed by atoms with Gasteiger partial charge in [-0.3, -0.25) is 20.3 Å². The molecule has 0 spiro atoms. The van der Waals surface area contributed by atoms with E-state index in [1.165, 1.54) is 25.3 Å². The number of nitrogens with one attached hydrogen (secondary N) is 2. The lowest BCUT2D eigenvalue weighted by atomic mass is 10.1. The van der Waals surface area contributed by atoms with Crippen molar-refractivity contribution < 1.29 is 18.1 Å². The molecule has 0 aliphatic rings. The molecule has 0 saturated carbocycles. The van der Waals surface area contributed by atoms with Gasteiger partial charge in [0, 0.05) is 11.8 Å². The van der Waals surface area contributed by atoms with Gasteiger partial charge in [-0.2, -0.15) is 5.10 Å². The average Bonchev–Trinajstić information content (AvgIpc) is 2.65. The third kappa shape index (κ3) is 4.97. The standard InChI is InChI=1S/C18H22N4O5S/c1-12(2)13(3)19-20-15-10-9-14(11-17(15)22(23)24)28(25,26)21-16-7-5-6-8-18(16)27-4/h5-12,20-21H,1-4H3. The molecule has 2 aromatic rings. The van der Waals surface area contributed by atoms with Crippen LogP contribution in [0.2, 0.25) is 0 Å². The van der Waals surface area contributed by atoms with Gasteiger partial charge in [-0.1, -0.05) is 26.0 Å². The fourth-order valence-electron chi connectivity index (χ4n) is 2.13. The van der Waals surface area contributed by atoms with Gasteiger partial charge in [-0.05, 0) is 37.1 Å². The number of rotatable bonds is 8. The highest BCUT2D eigenvalue weighted by Gasteiger charge is 2.22. The number of ether oxygens (including phenoxy) is 1. The number of nitro benzene ring substituents is 1. The normalized spacial score (nSPS) is 12.0. The summed E-state index contributed by atoms with van der Waals surface area (Å²) in [6.45, 7) is 5.67. The molecule has 0 aliphatic heterocycles. The summed E-state index contributed by atoms with van der Waals surface area (Å²) in [7, 11) is -2.65. The predicted molar refractivity (Wildman–Crippen MR) is 108 cm³/mol. The third-order valence-electron chi connectivity index (χ3n) is 4.02. The zero-order valence-electron chi connectivity index (χ0n) is 16.0. The Bertz CT molecular complexity index is 1000. The quantitative estimate of drug-likeness (QED) is 0.390. The minimum atomic E-state index is -4.06. The molecule has 2 N–H and O–H groups in total. The van der Waals surface area contributed by atoms with Crippen molar-refractivity contribution in [1.29, 1.82) is 0 Å². The second-order valence-corrected chi connectivity index (χ2v) is 7.94. The summed E-state index contributed by atoms with van der Waals surface area (Å²) in [5, 5.41) is 15.5. The van der Waals surface area contributed by atoms with Crippen LogP contribution in [0.4, 0.5) is 17.1 Å². The van der Waals surface area contributed by atoms with Crippen molar-refractivity contribution in [3.63, 3.8) is 0 Å². The number of hydrogen-bond acceptors (Lipinski definition) is 7. The van der Waals surface area contributed by atoms with Gasteiger partial charge < -0.3 is 4.74 Å². The Morgan fingerprint density at radius 1 is 1.18 bits per heavy atom. The van der Waals surface area contributed by atoms with Crippen molar-refractivity contribution in [2.45, 2.75) is 25.7 Å². The summed E-state index contributed by atoms with van der Waals surface area (Å²) in [6.07, 6.45) is 0. The summed E-state index contributed by atoms with van der Waals surface area (Å²) in [5.74, 6) is 0.494. The fourth-order valence-corrected chi connectivity index (χ4v) is 3.22. The molecule has 0 heterocycles. The summed E-state index contributed by atoms with van der Waals surface area (Å²) in [4.78, 5) is 10.5. The van der Waals surface area contributed by atoms with Crippen LogP contribution in [0.5, 0.6) is 5.75 Å². The monoisotopic (exact) mass is 406 g/mol. The maximum Gasteiger partial charge on any atom is 0.295 e. The van der Waals surface area contributed by atoms with Crippen LogP contribution in [-0.2, 0) is 10.0 Å². The second-order valence-electron chi connectivity index (χ2n) is 6.26. The maximum absolute atomic E-state index is 12.7. The fraction of sp³-hybridized carbons (Fsp3) is 0.278. The lowest BCUT2D eigenvalue weighted by Gasteiger charge is -2.12. The van der Waals surface area contributed by atoms with E-state index in [1.54, 1.807) is 25.1 Å². The van der Waals surface area contributed by atoms with Gasteiger partial charge in [0.05, 0.1) is 22.6 Å². The Labute approximate surface area is 163 Å². The van der Waals surface area contributed by atoms with Gasteiger partial charge in [0.2, 0.25) is 0 Å². The minimum absolute atomic E-state index is 0.0984. The molecule has 2 aromatic carbocycles. The van der Waals surface area contributed by atoms with Gasteiger partial charge in [0.15, 0.2) is 0 Å². The first-order valence-corrected chi connectivity index (χ1v) is 9.88. The number of anilines is 2. The molecule has 0 radical (unpaired) electrons. The number of hydrogen-bond donors (Lipinski definition) is 2. The number of para-hydroxylation sites is 2. The van der Waals surface area contributed by atoms with E-state index >= 15 is 0 Å². The number of benzene rings is 2. The van der Waals surface area contributed by atoms with E-state index in [1.807, 2.05) is 13.8 Å². The first kappa shape index (κ1) is 21.2. The van der Waals surface area contributed by atoms with E-state index < -0.39 is 20.6 Å². The Morgan fingerprint density at radius 3 is 2.46 bits per heavy atom. The molecule has 28 heavy (non-hydrogen) atoms. The SMILES string of the molecule is COc1ccccc1NS(=O)(=O)c1ccc(NN=C(C)C(C)C)c([N+](=O)[O-])c1.